The Morgan fingerprint density at radius 1 is 1.20 bits per heavy atom. The van der Waals surface area contributed by atoms with E-state index in [9.17, 15) is 4.79 Å². The number of amides is 1. The summed E-state index contributed by atoms with van der Waals surface area (Å²) in [4.78, 5) is 12.4. The molecule has 1 atom stereocenters. The van der Waals surface area contributed by atoms with Gasteiger partial charge in [0.1, 0.15) is 4.32 Å². The van der Waals surface area contributed by atoms with E-state index in [1.54, 1.807) is 0 Å². The maximum Gasteiger partial charge on any atom is 0.241 e. The van der Waals surface area contributed by atoms with Crippen LogP contribution in [-0.2, 0) is 4.79 Å². The number of alkyl halides is 1. The first-order valence-electron chi connectivity index (χ1n) is 7.03. The normalized spacial score (nSPS) is 13.9. The van der Waals surface area contributed by atoms with E-state index in [0.717, 1.165) is 35.7 Å². The molecular weight excluding hydrogens is 314 g/mol. The molecule has 0 spiro atoms. The molecule has 20 heavy (non-hydrogen) atoms. The van der Waals surface area contributed by atoms with Crippen molar-refractivity contribution in [3.63, 3.8) is 0 Å². The van der Waals surface area contributed by atoms with Gasteiger partial charge in [-0.15, -0.1) is 0 Å². The zero-order valence-electron chi connectivity index (χ0n) is 11.9. The molecule has 0 saturated heterocycles. The molecule has 0 aliphatic carbocycles. The minimum Gasteiger partial charge on any atom is -0.324 e. The third-order valence-corrected chi connectivity index (χ3v) is 4.27. The molecule has 0 aliphatic rings. The fraction of sp³-hybridized carbons (Fsp3) is 0.353. The standard InChI is InChI=1S/C17H20BrNO/c1-3-4-12-17(2,18)16(20)19-15-11-7-9-13-8-5-6-10-14(13)15/h5-11H,3-4,12H2,1-2H3,(H,19,20). The molecule has 0 bridgehead atoms. The van der Waals surface area contributed by atoms with Crippen LogP contribution in [0.5, 0.6) is 0 Å². The second-order valence-corrected chi connectivity index (χ2v) is 7.03. The lowest BCUT2D eigenvalue weighted by Crippen LogP contribution is -2.34. The van der Waals surface area contributed by atoms with Gasteiger partial charge in [-0.25, -0.2) is 0 Å². The molecule has 0 saturated carbocycles. The van der Waals surface area contributed by atoms with Gasteiger partial charge in [-0.05, 0) is 24.8 Å². The Hall–Kier alpha value is -1.35. The first-order chi connectivity index (χ1) is 9.54. The summed E-state index contributed by atoms with van der Waals surface area (Å²) in [5, 5.41) is 5.25. The smallest absolute Gasteiger partial charge is 0.241 e. The molecule has 3 heteroatoms. The van der Waals surface area contributed by atoms with Gasteiger partial charge in [0.25, 0.3) is 0 Å². The summed E-state index contributed by atoms with van der Waals surface area (Å²) in [5.74, 6) is 0.0160. The summed E-state index contributed by atoms with van der Waals surface area (Å²) >= 11 is 3.56. The van der Waals surface area contributed by atoms with Crippen molar-refractivity contribution < 1.29 is 4.79 Å². The van der Waals surface area contributed by atoms with Gasteiger partial charge in [-0.1, -0.05) is 72.1 Å². The molecular formula is C17H20BrNO. The average Bonchev–Trinajstić information content (AvgIpc) is 2.45. The van der Waals surface area contributed by atoms with Crippen LogP contribution in [0.4, 0.5) is 5.69 Å². The molecule has 0 radical (unpaired) electrons. The first kappa shape index (κ1) is 15.0. The van der Waals surface area contributed by atoms with Crippen LogP contribution in [0, 0.1) is 0 Å². The molecule has 1 unspecified atom stereocenters. The van der Waals surface area contributed by atoms with Crippen LogP contribution in [0.3, 0.4) is 0 Å². The highest BCUT2D eigenvalue weighted by atomic mass is 79.9. The number of nitrogens with one attached hydrogen (secondary N) is 1. The van der Waals surface area contributed by atoms with Crippen LogP contribution < -0.4 is 5.32 Å². The lowest BCUT2D eigenvalue weighted by atomic mass is 10.0. The summed E-state index contributed by atoms with van der Waals surface area (Å²) in [6.07, 6.45) is 2.95. The quantitative estimate of drug-likeness (QED) is 0.755. The van der Waals surface area contributed by atoms with Gasteiger partial charge in [0.15, 0.2) is 0 Å². The predicted octanol–water partition coefficient (Wildman–Crippen LogP) is 5.12. The summed E-state index contributed by atoms with van der Waals surface area (Å²) in [6.45, 7) is 4.06. The molecule has 106 valence electrons. The molecule has 1 amide bonds. The summed E-state index contributed by atoms with van der Waals surface area (Å²) in [6, 6.07) is 14.0. The maximum atomic E-state index is 12.4. The van der Waals surface area contributed by atoms with Gasteiger partial charge in [-0.2, -0.15) is 0 Å². The third-order valence-electron chi connectivity index (χ3n) is 3.51. The minimum absolute atomic E-state index is 0.0160. The first-order valence-corrected chi connectivity index (χ1v) is 7.82. The number of fused-ring (bicyclic) bond motifs is 1. The zero-order valence-corrected chi connectivity index (χ0v) is 13.5. The summed E-state index contributed by atoms with van der Waals surface area (Å²) < 4.78 is -0.514. The minimum atomic E-state index is -0.514. The second-order valence-electron chi connectivity index (χ2n) is 5.28. The monoisotopic (exact) mass is 333 g/mol. The van der Waals surface area contributed by atoms with E-state index in [1.807, 2.05) is 37.3 Å². The van der Waals surface area contributed by atoms with Gasteiger partial charge < -0.3 is 5.32 Å². The fourth-order valence-electron chi connectivity index (χ4n) is 2.21. The molecule has 2 rings (SSSR count). The predicted molar refractivity (Wildman–Crippen MR) is 89.4 cm³/mol. The molecule has 0 fully saturated rings. The van der Waals surface area contributed by atoms with Crippen LogP contribution in [-0.4, -0.2) is 10.2 Å². The van der Waals surface area contributed by atoms with E-state index in [0.29, 0.717) is 0 Å². The van der Waals surface area contributed by atoms with E-state index in [2.05, 4.69) is 40.3 Å². The van der Waals surface area contributed by atoms with Gasteiger partial charge in [-0.3, -0.25) is 4.79 Å². The Morgan fingerprint density at radius 3 is 2.65 bits per heavy atom. The summed E-state index contributed by atoms with van der Waals surface area (Å²) in [7, 11) is 0. The van der Waals surface area contributed by atoms with Crippen molar-refractivity contribution in [2.24, 2.45) is 0 Å². The van der Waals surface area contributed by atoms with Crippen LogP contribution >= 0.6 is 15.9 Å². The number of hydrogen-bond acceptors (Lipinski definition) is 1. The summed E-state index contributed by atoms with van der Waals surface area (Å²) in [5.41, 5.74) is 0.871. The number of carbonyl (C=O) groups excluding carboxylic acids is 1. The van der Waals surface area contributed by atoms with Gasteiger partial charge >= 0.3 is 0 Å². The lowest BCUT2D eigenvalue weighted by Gasteiger charge is -2.22. The molecule has 2 aromatic carbocycles. The van der Waals surface area contributed by atoms with Crippen molar-refractivity contribution in [2.75, 3.05) is 5.32 Å². The number of hydrogen-bond donors (Lipinski definition) is 1. The number of anilines is 1. The zero-order chi connectivity index (χ0) is 14.6. The van der Waals surface area contributed by atoms with E-state index >= 15 is 0 Å². The largest absolute Gasteiger partial charge is 0.324 e. The van der Waals surface area contributed by atoms with Gasteiger partial charge in [0.2, 0.25) is 5.91 Å². The van der Waals surface area contributed by atoms with Crippen molar-refractivity contribution >= 4 is 38.3 Å². The Morgan fingerprint density at radius 2 is 1.90 bits per heavy atom. The maximum absolute atomic E-state index is 12.4. The molecule has 0 aliphatic heterocycles. The number of unbranched alkanes of at least 4 members (excludes halogenated alkanes) is 1. The fourth-order valence-corrected chi connectivity index (χ4v) is 2.59. The molecule has 0 aromatic heterocycles. The van der Waals surface area contributed by atoms with Gasteiger partial charge in [0, 0.05) is 11.1 Å². The number of carbonyl (C=O) groups is 1. The number of rotatable bonds is 5. The van der Waals surface area contributed by atoms with E-state index in [1.165, 1.54) is 0 Å². The SMILES string of the molecule is CCCCC(C)(Br)C(=O)Nc1cccc2ccccc12. The Balaban J connectivity index is 2.22. The third kappa shape index (κ3) is 3.40. The van der Waals surface area contributed by atoms with Crippen LogP contribution in [0.2, 0.25) is 0 Å². The Labute approximate surface area is 128 Å². The highest BCUT2D eigenvalue weighted by Gasteiger charge is 2.29. The van der Waals surface area contributed by atoms with Gasteiger partial charge in [0.05, 0.1) is 0 Å². The van der Waals surface area contributed by atoms with Crippen molar-refractivity contribution in [1.82, 2.24) is 0 Å². The van der Waals surface area contributed by atoms with Crippen molar-refractivity contribution in [1.29, 1.82) is 0 Å². The van der Waals surface area contributed by atoms with Crippen LogP contribution in [0.25, 0.3) is 10.8 Å². The van der Waals surface area contributed by atoms with E-state index in [-0.39, 0.29) is 5.91 Å². The van der Waals surface area contributed by atoms with E-state index in [4.69, 9.17) is 0 Å². The average molecular weight is 334 g/mol. The molecule has 0 heterocycles. The van der Waals surface area contributed by atoms with E-state index < -0.39 is 4.32 Å². The van der Waals surface area contributed by atoms with Crippen molar-refractivity contribution in [3.8, 4) is 0 Å². The molecule has 2 aromatic rings. The molecule has 2 nitrogen and oxygen atoms in total. The van der Waals surface area contributed by atoms with Crippen molar-refractivity contribution in [2.45, 2.75) is 37.4 Å². The second kappa shape index (κ2) is 6.40. The Kier molecular flexibility index (Phi) is 4.81. The number of halogens is 1. The highest BCUT2D eigenvalue weighted by molar-refractivity contribution is 9.10. The van der Waals surface area contributed by atoms with Crippen LogP contribution in [0.15, 0.2) is 42.5 Å². The number of benzene rings is 2. The topological polar surface area (TPSA) is 29.1 Å². The Bertz CT molecular complexity index is 601. The molecule has 1 N–H and O–H groups in total. The van der Waals surface area contributed by atoms with Crippen molar-refractivity contribution in [3.05, 3.63) is 42.5 Å². The lowest BCUT2D eigenvalue weighted by molar-refractivity contribution is -0.118. The van der Waals surface area contributed by atoms with Crippen LogP contribution in [0.1, 0.15) is 33.1 Å². The highest BCUT2D eigenvalue weighted by Crippen LogP contribution is 2.29.